The minimum atomic E-state index is -0.393. The summed E-state index contributed by atoms with van der Waals surface area (Å²) in [4.78, 5) is 3.50. The fraction of sp³-hybridized carbons (Fsp3) is 0.111. The topological polar surface area (TPSA) is 88.2 Å². The van der Waals surface area contributed by atoms with Crippen LogP contribution in [0.3, 0.4) is 0 Å². The summed E-state index contributed by atoms with van der Waals surface area (Å²) in [5.74, 6) is -0.533. The average molecular weight is 297 g/mol. The number of hydrogen-bond acceptors (Lipinski definition) is 2. The maximum Gasteiger partial charge on any atom is 0.214 e. The second-order valence-corrected chi connectivity index (χ2v) is 4.23. The van der Waals surface area contributed by atoms with Crippen molar-refractivity contribution in [1.82, 2.24) is 0 Å². The first kappa shape index (κ1) is 16.0. The Kier molecular flexibility index (Phi) is 6.94. The molecule has 5 N–H and O–H groups in total. The molecule has 1 rings (SSSR count). The first-order valence-electron chi connectivity index (χ1n) is 4.24. The molecule has 94 valence electrons. The second kappa shape index (κ2) is 7.37. The molecule has 0 aliphatic heterocycles. The predicted octanol–water partition coefficient (Wildman–Crippen LogP) is 2.34. The molecular weight excluding hydrogens is 286 g/mol. The van der Waals surface area contributed by atoms with Gasteiger partial charge in [-0.15, -0.1) is 12.4 Å². The molecule has 0 aliphatic rings. The molecule has 0 saturated heterocycles. The summed E-state index contributed by atoms with van der Waals surface area (Å²) >= 11 is 6.89. The van der Waals surface area contributed by atoms with E-state index < -0.39 is 5.82 Å². The zero-order chi connectivity index (χ0) is 12.1. The van der Waals surface area contributed by atoms with Crippen molar-refractivity contribution < 1.29 is 4.39 Å². The smallest absolute Gasteiger partial charge is 0.214 e. The van der Waals surface area contributed by atoms with E-state index in [1.54, 1.807) is 6.07 Å². The van der Waals surface area contributed by atoms with Crippen molar-refractivity contribution in [1.29, 1.82) is 5.41 Å². The number of nitrogens with one attached hydrogen (secondary N) is 1. The van der Waals surface area contributed by atoms with Gasteiger partial charge in [0.15, 0.2) is 5.17 Å². The Morgan fingerprint density at radius 3 is 2.65 bits per heavy atom. The molecule has 1 aromatic carbocycles. The lowest BCUT2D eigenvalue weighted by molar-refractivity contribution is 0.617. The second-order valence-electron chi connectivity index (χ2n) is 2.82. The highest BCUT2D eigenvalue weighted by Crippen LogP contribution is 2.23. The third-order valence-corrected chi connectivity index (χ3v) is 2.83. The quantitative estimate of drug-likeness (QED) is 0.578. The number of thioether (sulfide) groups is 1. The number of benzene rings is 1. The first-order valence-corrected chi connectivity index (χ1v) is 5.61. The maximum atomic E-state index is 13.3. The van der Waals surface area contributed by atoms with Crippen molar-refractivity contribution in [2.45, 2.75) is 5.75 Å². The Morgan fingerprint density at radius 2 is 2.12 bits per heavy atom. The summed E-state index contributed by atoms with van der Waals surface area (Å²) in [6.07, 6.45) is 0. The van der Waals surface area contributed by atoms with Crippen molar-refractivity contribution in [3.8, 4) is 0 Å². The summed E-state index contributed by atoms with van der Waals surface area (Å²) in [6.45, 7) is 0. The van der Waals surface area contributed by atoms with Crippen LogP contribution in [0.1, 0.15) is 5.56 Å². The van der Waals surface area contributed by atoms with E-state index in [1.165, 1.54) is 12.1 Å². The number of amidine groups is 1. The van der Waals surface area contributed by atoms with Gasteiger partial charge in [-0.1, -0.05) is 29.4 Å². The van der Waals surface area contributed by atoms with Crippen LogP contribution in [-0.4, -0.2) is 11.1 Å². The molecule has 0 fully saturated rings. The lowest BCUT2D eigenvalue weighted by Gasteiger charge is -2.04. The van der Waals surface area contributed by atoms with Gasteiger partial charge in [-0.2, -0.15) is 4.99 Å². The maximum absolute atomic E-state index is 13.3. The highest BCUT2D eigenvalue weighted by atomic mass is 35.5. The zero-order valence-electron chi connectivity index (χ0n) is 8.61. The zero-order valence-corrected chi connectivity index (χ0v) is 11.0. The lowest BCUT2D eigenvalue weighted by Crippen LogP contribution is -2.14. The molecule has 0 atom stereocenters. The van der Waals surface area contributed by atoms with Crippen LogP contribution in [0.2, 0.25) is 5.02 Å². The van der Waals surface area contributed by atoms with Gasteiger partial charge in [-0.3, -0.25) is 5.41 Å². The van der Waals surface area contributed by atoms with Gasteiger partial charge in [-0.25, -0.2) is 4.39 Å². The minimum Gasteiger partial charge on any atom is -0.378 e. The van der Waals surface area contributed by atoms with Crippen LogP contribution in [0.15, 0.2) is 23.2 Å². The van der Waals surface area contributed by atoms with E-state index in [4.69, 9.17) is 28.5 Å². The van der Waals surface area contributed by atoms with Gasteiger partial charge in [0.25, 0.3) is 0 Å². The molecule has 1 aromatic rings. The summed E-state index contributed by atoms with van der Waals surface area (Å²) in [5, 5.41) is 7.33. The van der Waals surface area contributed by atoms with Crippen molar-refractivity contribution in [2.75, 3.05) is 0 Å². The molecule has 0 unspecified atom stereocenters. The van der Waals surface area contributed by atoms with Gasteiger partial charge in [0.05, 0.1) is 0 Å². The van der Waals surface area contributed by atoms with Crippen molar-refractivity contribution in [3.63, 3.8) is 0 Å². The fourth-order valence-corrected chi connectivity index (χ4v) is 2.02. The van der Waals surface area contributed by atoms with E-state index in [1.807, 2.05) is 0 Å². The number of guanidine groups is 1. The summed E-state index contributed by atoms with van der Waals surface area (Å²) in [5.41, 5.74) is 10.8. The third kappa shape index (κ3) is 5.25. The number of hydrogen-bond donors (Lipinski definition) is 3. The van der Waals surface area contributed by atoms with Crippen molar-refractivity contribution in [3.05, 3.63) is 34.6 Å². The van der Waals surface area contributed by atoms with E-state index in [2.05, 4.69) is 4.99 Å². The van der Waals surface area contributed by atoms with E-state index in [0.717, 1.165) is 11.8 Å². The summed E-state index contributed by atoms with van der Waals surface area (Å²) < 4.78 is 13.3. The molecule has 0 amide bonds. The highest BCUT2D eigenvalue weighted by Gasteiger charge is 2.07. The molecule has 0 heterocycles. The Bertz CT molecular complexity index is 419. The third-order valence-electron chi connectivity index (χ3n) is 1.66. The minimum absolute atomic E-state index is 0. The predicted molar refractivity (Wildman–Crippen MR) is 73.5 cm³/mol. The highest BCUT2D eigenvalue weighted by molar-refractivity contribution is 8.13. The van der Waals surface area contributed by atoms with Gasteiger partial charge >= 0.3 is 0 Å². The van der Waals surface area contributed by atoms with Crippen LogP contribution in [-0.2, 0) is 5.75 Å². The first-order chi connectivity index (χ1) is 7.50. The molecule has 17 heavy (non-hydrogen) atoms. The van der Waals surface area contributed by atoms with Crippen LogP contribution in [0.4, 0.5) is 4.39 Å². The molecule has 0 spiro atoms. The van der Waals surface area contributed by atoms with Crippen LogP contribution < -0.4 is 11.5 Å². The van der Waals surface area contributed by atoms with Gasteiger partial charge in [0.2, 0.25) is 5.96 Å². The van der Waals surface area contributed by atoms with E-state index in [-0.39, 0.29) is 29.3 Å². The Morgan fingerprint density at radius 1 is 1.47 bits per heavy atom. The molecule has 0 saturated carbocycles. The largest absolute Gasteiger partial charge is 0.378 e. The van der Waals surface area contributed by atoms with Crippen molar-refractivity contribution >= 4 is 46.9 Å². The molecule has 4 nitrogen and oxygen atoms in total. The SMILES string of the molecule is Cl.N=C(N)N=C(N)SCc1c(F)cccc1Cl. The van der Waals surface area contributed by atoms with Crippen LogP contribution in [0.25, 0.3) is 0 Å². The van der Waals surface area contributed by atoms with Gasteiger partial charge in [0.1, 0.15) is 5.82 Å². The normalized spacial score (nSPS) is 10.8. The van der Waals surface area contributed by atoms with Crippen molar-refractivity contribution in [2.24, 2.45) is 16.5 Å². The molecule has 0 bridgehead atoms. The van der Waals surface area contributed by atoms with Crippen LogP contribution in [0, 0.1) is 11.2 Å². The molecule has 0 aliphatic carbocycles. The summed E-state index contributed by atoms with van der Waals surface area (Å²) in [7, 11) is 0. The molecule has 0 radical (unpaired) electrons. The molecule has 0 aromatic heterocycles. The number of rotatable bonds is 2. The molecule has 8 heteroatoms. The lowest BCUT2D eigenvalue weighted by atomic mass is 10.2. The Balaban J connectivity index is 0.00000256. The van der Waals surface area contributed by atoms with E-state index in [9.17, 15) is 4.39 Å². The van der Waals surface area contributed by atoms with E-state index >= 15 is 0 Å². The monoisotopic (exact) mass is 296 g/mol. The summed E-state index contributed by atoms with van der Waals surface area (Å²) in [6, 6.07) is 4.44. The molecular formula is C9H11Cl2FN4S. The van der Waals surface area contributed by atoms with Crippen LogP contribution in [0.5, 0.6) is 0 Å². The van der Waals surface area contributed by atoms with Gasteiger partial charge in [-0.05, 0) is 12.1 Å². The van der Waals surface area contributed by atoms with Crippen LogP contribution >= 0.6 is 35.8 Å². The number of aliphatic imine (C=N–C) groups is 1. The van der Waals surface area contributed by atoms with Gasteiger partial charge < -0.3 is 11.5 Å². The number of nitrogens with two attached hydrogens (primary N) is 2. The van der Waals surface area contributed by atoms with Gasteiger partial charge in [0, 0.05) is 16.3 Å². The average Bonchev–Trinajstić information content (AvgIpc) is 2.15. The number of nitrogens with zero attached hydrogens (tertiary/aromatic N) is 1. The van der Waals surface area contributed by atoms with E-state index in [0.29, 0.717) is 10.6 Å². The Hall–Kier alpha value is -0.980. The number of halogens is 3. The fourth-order valence-electron chi connectivity index (χ4n) is 0.967. The standard InChI is InChI=1S/C9H10ClFN4S.ClH/c10-6-2-1-3-7(11)5(6)4-16-9(14)15-8(12)13;/h1-3H,4H2,(H5,12,13,14,15);1H. The Labute approximate surface area is 114 Å².